The first-order chi connectivity index (χ1) is 23.6. The molecule has 0 saturated heterocycles. The maximum atomic E-state index is 13.9. The van der Waals surface area contributed by atoms with Gasteiger partial charge in [-0.2, -0.15) is 0 Å². The molecule has 4 unspecified atom stereocenters. The molecule has 0 aliphatic carbocycles. The number of H-pyrrole nitrogens is 2. The number of para-hydroxylation sites is 2. The maximum absolute atomic E-state index is 13.9. The SMILES string of the molecule is NCCCCC(NC(=O)C(Cc1c[nH]c2ccccc12)NC(=O)C(CCCN=C(N)N)NC(=O)C(N)Cc1c[nH]c2ccccc12)C(=O)O. The summed E-state index contributed by atoms with van der Waals surface area (Å²) in [4.78, 5) is 63.2. The van der Waals surface area contributed by atoms with E-state index in [1.807, 2.05) is 48.5 Å². The third-order valence-electron chi connectivity index (χ3n) is 8.32. The number of fused-ring (bicyclic) bond motifs is 2. The molecule has 0 aliphatic rings. The van der Waals surface area contributed by atoms with E-state index in [2.05, 4.69) is 30.9 Å². The van der Waals surface area contributed by atoms with Gasteiger partial charge in [0.2, 0.25) is 17.7 Å². The zero-order valence-corrected chi connectivity index (χ0v) is 27.3. The summed E-state index contributed by atoms with van der Waals surface area (Å²) in [6.07, 6.45) is 5.52. The number of hydrogen-bond donors (Lipinski definition) is 10. The van der Waals surface area contributed by atoms with Crippen molar-refractivity contribution in [2.45, 2.75) is 69.1 Å². The van der Waals surface area contributed by atoms with Crippen molar-refractivity contribution in [1.29, 1.82) is 0 Å². The van der Waals surface area contributed by atoms with Crippen molar-refractivity contribution >= 4 is 51.5 Å². The van der Waals surface area contributed by atoms with Gasteiger partial charge in [0.1, 0.15) is 18.1 Å². The molecule has 49 heavy (non-hydrogen) atoms. The van der Waals surface area contributed by atoms with Crippen LogP contribution in [0.5, 0.6) is 0 Å². The number of carboxylic acid groups (broad SMARTS) is 1. The zero-order valence-electron chi connectivity index (χ0n) is 27.3. The summed E-state index contributed by atoms with van der Waals surface area (Å²) in [6, 6.07) is 10.7. The molecule has 15 nitrogen and oxygen atoms in total. The molecule has 0 aliphatic heterocycles. The van der Waals surface area contributed by atoms with Gasteiger partial charge in [-0.25, -0.2) is 4.79 Å². The van der Waals surface area contributed by atoms with Gasteiger partial charge in [0, 0.05) is 47.2 Å². The van der Waals surface area contributed by atoms with Crippen molar-refractivity contribution in [3.05, 3.63) is 72.1 Å². The molecule has 0 bridgehead atoms. The zero-order chi connectivity index (χ0) is 35.3. The van der Waals surface area contributed by atoms with Crippen LogP contribution in [0.25, 0.3) is 21.8 Å². The van der Waals surface area contributed by atoms with E-state index in [4.69, 9.17) is 22.9 Å². The number of nitrogens with two attached hydrogens (primary N) is 4. The van der Waals surface area contributed by atoms with Crippen molar-refractivity contribution < 1.29 is 24.3 Å². The third kappa shape index (κ3) is 10.3. The predicted molar refractivity (Wildman–Crippen MR) is 188 cm³/mol. The first kappa shape index (κ1) is 36.4. The Hall–Kier alpha value is -5.41. The van der Waals surface area contributed by atoms with E-state index in [-0.39, 0.29) is 38.2 Å². The van der Waals surface area contributed by atoms with E-state index >= 15 is 0 Å². The average molecular weight is 675 g/mol. The van der Waals surface area contributed by atoms with E-state index < -0.39 is 47.9 Å². The lowest BCUT2D eigenvalue weighted by Gasteiger charge is -2.25. The van der Waals surface area contributed by atoms with Gasteiger partial charge >= 0.3 is 5.97 Å². The number of amides is 3. The summed E-state index contributed by atoms with van der Waals surface area (Å²) >= 11 is 0. The Balaban J connectivity index is 1.54. The first-order valence-electron chi connectivity index (χ1n) is 16.3. The van der Waals surface area contributed by atoms with E-state index in [9.17, 15) is 24.3 Å². The highest BCUT2D eigenvalue weighted by molar-refractivity contribution is 5.95. The second-order valence-electron chi connectivity index (χ2n) is 12.0. The molecule has 2 aromatic heterocycles. The molecule has 3 amide bonds. The van der Waals surface area contributed by atoms with Crippen LogP contribution >= 0.6 is 0 Å². The number of nitrogens with zero attached hydrogens (tertiary/aromatic N) is 1. The lowest BCUT2D eigenvalue weighted by atomic mass is 10.0. The highest BCUT2D eigenvalue weighted by atomic mass is 16.4. The van der Waals surface area contributed by atoms with Crippen molar-refractivity contribution in [2.24, 2.45) is 27.9 Å². The second-order valence-corrected chi connectivity index (χ2v) is 12.0. The highest BCUT2D eigenvalue weighted by Crippen LogP contribution is 2.20. The molecule has 4 rings (SSSR count). The molecular formula is C34H46N10O5. The molecule has 2 heterocycles. The minimum absolute atomic E-state index is 0.0471. The number of aliphatic carboxylic acids is 1. The summed E-state index contributed by atoms with van der Waals surface area (Å²) < 4.78 is 0. The number of carboxylic acids is 1. The summed E-state index contributed by atoms with van der Waals surface area (Å²) in [5.74, 6) is -3.19. The van der Waals surface area contributed by atoms with Crippen molar-refractivity contribution in [2.75, 3.05) is 13.1 Å². The van der Waals surface area contributed by atoms with Gasteiger partial charge in [-0.1, -0.05) is 36.4 Å². The van der Waals surface area contributed by atoms with Crippen LogP contribution < -0.4 is 38.9 Å². The van der Waals surface area contributed by atoms with Crippen LogP contribution in [-0.4, -0.2) is 82.0 Å². The molecule has 0 spiro atoms. The van der Waals surface area contributed by atoms with E-state index in [0.29, 0.717) is 25.8 Å². The Morgan fingerprint density at radius 2 is 1.24 bits per heavy atom. The second kappa shape index (κ2) is 17.7. The van der Waals surface area contributed by atoms with E-state index in [1.165, 1.54) is 0 Å². The van der Waals surface area contributed by atoms with Gasteiger partial charge < -0.3 is 54.0 Å². The highest BCUT2D eigenvalue weighted by Gasteiger charge is 2.31. The fourth-order valence-corrected chi connectivity index (χ4v) is 5.71. The van der Waals surface area contributed by atoms with Crippen LogP contribution in [0.4, 0.5) is 0 Å². The lowest BCUT2D eigenvalue weighted by molar-refractivity contribution is -0.142. The minimum Gasteiger partial charge on any atom is -0.480 e. The van der Waals surface area contributed by atoms with Crippen molar-refractivity contribution in [1.82, 2.24) is 25.9 Å². The molecule has 262 valence electrons. The number of unbranched alkanes of at least 4 members (excludes halogenated alkanes) is 1. The largest absolute Gasteiger partial charge is 0.480 e. The lowest BCUT2D eigenvalue weighted by Crippen LogP contribution is -2.57. The monoisotopic (exact) mass is 674 g/mol. The number of carbonyl (C=O) groups excluding carboxylic acids is 3. The topological polar surface area (TPSA) is 273 Å². The van der Waals surface area contributed by atoms with Crippen LogP contribution in [0, 0.1) is 0 Å². The molecule has 0 fully saturated rings. The van der Waals surface area contributed by atoms with Crippen molar-refractivity contribution in [3.63, 3.8) is 0 Å². The molecule has 4 atom stereocenters. The molecule has 2 aromatic carbocycles. The van der Waals surface area contributed by atoms with Gasteiger partial charge in [-0.15, -0.1) is 0 Å². The van der Waals surface area contributed by atoms with Gasteiger partial charge in [0.25, 0.3) is 0 Å². The molecule has 4 aromatic rings. The predicted octanol–water partition coefficient (Wildman–Crippen LogP) is 0.483. The van der Waals surface area contributed by atoms with Crippen LogP contribution in [0.3, 0.4) is 0 Å². The molecule has 14 N–H and O–H groups in total. The number of aromatic amines is 2. The first-order valence-corrected chi connectivity index (χ1v) is 16.3. The number of rotatable bonds is 19. The number of guanidine groups is 1. The number of aromatic nitrogens is 2. The summed E-state index contributed by atoms with van der Waals surface area (Å²) in [6.45, 7) is 0.590. The molecule has 0 saturated carbocycles. The standard InChI is InChI=1S/C34H46N10O5/c35-14-6-5-12-28(33(48)49)43-32(47)29(17-21-19-41-26-11-4-2-9-23(21)26)44-31(46)27(13-7-15-39-34(37)38)42-30(45)24(36)16-20-18-40-25-10-3-1-8-22(20)25/h1-4,8-11,18-19,24,27-29,40-41H,5-7,12-17,35-36H2,(H,42,45)(H,43,47)(H,44,46)(H,48,49)(H4,37,38,39). The Labute approximate surface area is 283 Å². The fraction of sp³-hybridized carbons (Fsp3) is 0.382. The summed E-state index contributed by atoms with van der Waals surface area (Å²) in [5, 5.41) is 19.7. The smallest absolute Gasteiger partial charge is 0.326 e. The Morgan fingerprint density at radius 3 is 1.84 bits per heavy atom. The Morgan fingerprint density at radius 1 is 0.714 bits per heavy atom. The number of hydrogen-bond acceptors (Lipinski definition) is 7. The maximum Gasteiger partial charge on any atom is 0.326 e. The number of nitrogens with one attached hydrogen (secondary N) is 5. The number of aliphatic imine (C=N–C) groups is 1. The van der Waals surface area contributed by atoms with Gasteiger partial charge in [0.05, 0.1) is 6.04 Å². The Kier molecular flexibility index (Phi) is 13.1. The molecular weight excluding hydrogens is 628 g/mol. The third-order valence-corrected chi connectivity index (χ3v) is 8.32. The van der Waals surface area contributed by atoms with Gasteiger partial charge in [0.15, 0.2) is 5.96 Å². The van der Waals surface area contributed by atoms with Gasteiger partial charge in [-0.3, -0.25) is 19.4 Å². The van der Waals surface area contributed by atoms with E-state index in [1.54, 1.807) is 12.4 Å². The van der Waals surface area contributed by atoms with Gasteiger partial charge in [-0.05, 0) is 68.3 Å². The molecule has 0 radical (unpaired) electrons. The minimum atomic E-state index is -1.20. The van der Waals surface area contributed by atoms with Crippen LogP contribution in [-0.2, 0) is 32.0 Å². The fourth-order valence-electron chi connectivity index (χ4n) is 5.71. The van der Waals surface area contributed by atoms with Crippen LogP contribution in [0.1, 0.15) is 43.2 Å². The summed E-state index contributed by atoms with van der Waals surface area (Å²) in [5.41, 5.74) is 26.1. The summed E-state index contributed by atoms with van der Waals surface area (Å²) in [7, 11) is 0. The normalized spacial score (nSPS) is 13.7. The number of benzene rings is 2. The van der Waals surface area contributed by atoms with E-state index in [0.717, 1.165) is 32.9 Å². The van der Waals surface area contributed by atoms with Crippen molar-refractivity contribution in [3.8, 4) is 0 Å². The number of carbonyl (C=O) groups is 4. The Bertz CT molecular complexity index is 1760. The van der Waals surface area contributed by atoms with Crippen LogP contribution in [0.15, 0.2) is 65.9 Å². The average Bonchev–Trinajstić information content (AvgIpc) is 3.68. The molecule has 15 heteroatoms. The quantitative estimate of drug-likeness (QED) is 0.0376. The van der Waals surface area contributed by atoms with Crippen LogP contribution in [0.2, 0.25) is 0 Å².